The lowest BCUT2D eigenvalue weighted by atomic mass is 9.92. The van der Waals surface area contributed by atoms with E-state index in [4.69, 9.17) is 10.5 Å². The van der Waals surface area contributed by atoms with Gasteiger partial charge in [-0.25, -0.2) is 0 Å². The Morgan fingerprint density at radius 3 is 2.50 bits per heavy atom. The molecule has 0 unspecified atom stereocenters. The lowest BCUT2D eigenvalue weighted by molar-refractivity contribution is -0.155. The highest BCUT2D eigenvalue weighted by molar-refractivity contribution is 9.10. The molecule has 4 rings (SSSR count). The minimum atomic E-state index is -0.852. The molecule has 0 bridgehead atoms. The molecule has 1 aromatic carbocycles. The van der Waals surface area contributed by atoms with E-state index in [1.807, 2.05) is 13.8 Å². The molecule has 0 spiro atoms. The Bertz CT molecular complexity index is 797. The van der Waals surface area contributed by atoms with Gasteiger partial charge in [0.25, 0.3) is 0 Å². The molecule has 0 radical (unpaired) electrons. The molecule has 0 amide bonds. The Kier molecular flexibility index (Phi) is 6.48. The smallest absolute Gasteiger partial charge is 0.135 e. The van der Waals surface area contributed by atoms with Gasteiger partial charge in [-0.05, 0) is 50.8 Å². The van der Waals surface area contributed by atoms with Crippen molar-refractivity contribution in [2.45, 2.75) is 63.3 Å². The van der Waals surface area contributed by atoms with Crippen LogP contribution in [0, 0.1) is 0 Å². The normalized spacial score (nSPS) is 26.6. The molecule has 30 heavy (non-hydrogen) atoms. The number of hydrogen-bond acceptors (Lipinski definition) is 7. The minimum Gasteiger partial charge on any atom is -0.388 e. The summed E-state index contributed by atoms with van der Waals surface area (Å²) in [6.45, 7) is 7.00. The molecular weight excluding hydrogens is 446 g/mol. The third-order valence-corrected chi connectivity index (χ3v) is 6.97. The Morgan fingerprint density at radius 1 is 1.20 bits per heavy atom. The van der Waals surface area contributed by atoms with Gasteiger partial charge in [0.05, 0.1) is 24.7 Å². The van der Waals surface area contributed by atoms with Crippen LogP contribution in [0.25, 0.3) is 0 Å². The Balaban J connectivity index is 1.44. The first-order valence-electron chi connectivity index (χ1n) is 10.8. The van der Waals surface area contributed by atoms with Crippen LogP contribution >= 0.6 is 15.9 Å². The number of amidine groups is 2. The summed E-state index contributed by atoms with van der Waals surface area (Å²) in [5.41, 5.74) is 6.25. The second-order valence-corrected chi connectivity index (χ2v) is 10.1. The van der Waals surface area contributed by atoms with Crippen molar-refractivity contribution in [1.82, 2.24) is 9.80 Å². The zero-order valence-electron chi connectivity index (χ0n) is 17.8. The molecule has 3 aliphatic rings. The summed E-state index contributed by atoms with van der Waals surface area (Å²) in [5, 5.41) is 18.8. The van der Waals surface area contributed by atoms with E-state index in [0.717, 1.165) is 49.2 Å². The van der Waals surface area contributed by atoms with Gasteiger partial charge in [0.2, 0.25) is 0 Å². The molecule has 3 aliphatic heterocycles. The monoisotopic (exact) mass is 477 g/mol. The molecule has 3 N–H and O–H groups in total. The minimum absolute atomic E-state index is 0.177. The lowest BCUT2D eigenvalue weighted by Gasteiger charge is -2.49. The maximum absolute atomic E-state index is 10.6. The molecule has 0 aromatic heterocycles. The van der Waals surface area contributed by atoms with Crippen molar-refractivity contribution in [3.8, 4) is 0 Å². The van der Waals surface area contributed by atoms with Gasteiger partial charge >= 0.3 is 0 Å². The standard InChI is InChI=1S/C22H32BrN5O2/c1-22(2,29)19-13-28(18(14-30-19)11-15-3-5-16(23)6-4-15)17-7-9-27(10-8-17)21-12-20(24)25-26-21/h3-6,17-19,29H,7-14H2,1-2H3,(H2,24,25)/t18-,19+/m0/s1. The van der Waals surface area contributed by atoms with Crippen LogP contribution in [0.4, 0.5) is 0 Å². The summed E-state index contributed by atoms with van der Waals surface area (Å²) in [4.78, 5) is 4.91. The van der Waals surface area contributed by atoms with Crippen LogP contribution in [0.15, 0.2) is 38.9 Å². The SMILES string of the molecule is CC(C)(O)[C@H]1CN(C2CCN(C3=NN=C(N)C3)CC2)[C@@H](Cc2ccc(Br)cc2)CO1. The number of rotatable bonds is 4. The van der Waals surface area contributed by atoms with Gasteiger partial charge in [0.15, 0.2) is 0 Å². The van der Waals surface area contributed by atoms with E-state index in [-0.39, 0.29) is 6.10 Å². The molecule has 164 valence electrons. The molecule has 8 heteroatoms. The van der Waals surface area contributed by atoms with Gasteiger partial charge in [0.1, 0.15) is 11.7 Å². The van der Waals surface area contributed by atoms with E-state index in [9.17, 15) is 5.11 Å². The van der Waals surface area contributed by atoms with Crippen LogP contribution in [-0.4, -0.2) is 76.6 Å². The van der Waals surface area contributed by atoms with Crippen LogP contribution in [0.2, 0.25) is 0 Å². The van der Waals surface area contributed by atoms with Crippen molar-refractivity contribution in [2.75, 3.05) is 26.2 Å². The second-order valence-electron chi connectivity index (χ2n) is 9.16. The lowest BCUT2D eigenvalue weighted by Crippen LogP contribution is -2.61. The van der Waals surface area contributed by atoms with E-state index in [1.165, 1.54) is 5.56 Å². The van der Waals surface area contributed by atoms with E-state index >= 15 is 0 Å². The number of morpholine rings is 1. The fraction of sp³-hybridized carbons (Fsp3) is 0.636. The number of halogens is 1. The van der Waals surface area contributed by atoms with E-state index in [1.54, 1.807) is 0 Å². The molecule has 7 nitrogen and oxygen atoms in total. The van der Waals surface area contributed by atoms with Crippen LogP contribution in [0.3, 0.4) is 0 Å². The maximum Gasteiger partial charge on any atom is 0.135 e. The number of hydrogen-bond donors (Lipinski definition) is 2. The Labute approximate surface area is 187 Å². The number of nitrogens with two attached hydrogens (primary N) is 1. The Hall–Kier alpha value is -1.48. The second kappa shape index (κ2) is 8.94. The summed E-state index contributed by atoms with van der Waals surface area (Å²) in [5.74, 6) is 1.59. The van der Waals surface area contributed by atoms with Gasteiger partial charge < -0.3 is 20.5 Å². The third-order valence-electron chi connectivity index (χ3n) is 6.44. The predicted octanol–water partition coefficient (Wildman–Crippen LogP) is 2.37. The van der Waals surface area contributed by atoms with Gasteiger partial charge in [0, 0.05) is 36.2 Å². The van der Waals surface area contributed by atoms with Crippen LogP contribution in [-0.2, 0) is 11.2 Å². The van der Waals surface area contributed by atoms with Crippen LogP contribution < -0.4 is 5.73 Å². The highest BCUT2D eigenvalue weighted by Crippen LogP contribution is 2.29. The van der Waals surface area contributed by atoms with Crippen molar-refractivity contribution in [2.24, 2.45) is 15.9 Å². The molecule has 1 aromatic rings. The van der Waals surface area contributed by atoms with Crippen molar-refractivity contribution in [3.05, 3.63) is 34.3 Å². The molecule has 2 fully saturated rings. The zero-order chi connectivity index (χ0) is 21.3. The average Bonchev–Trinajstić information content (AvgIpc) is 3.16. The summed E-state index contributed by atoms with van der Waals surface area (Å²) >= 11 is 3.52. The van der Waals surface area contributed by atoms with Gasteiger partial charge in [-0.2, -0.15) is 0 Å². The van der Waals surface area contributed by atoms with Crippen molar-refractivity contribution in [1.29, 1.82) is 0 Å². The Morgan fingerprint density at radius 2 is 1.90 bits per heavy atom. The average molecular weight is 478 g/mol. The summed E-state index contributed by atoms with van der Waals surface area (Å²) in [7, 11) is 0. The molecule has 2 atom stereocenters. The highest BCUT2D eigenvalue weighted by atomic mass is 79.9. The summed E-state index contributed by atoms with van der Waals surface area (Å²) in [6, 6.07) is 9.32. The highest BCUT2D eigenvalue weighted by Gasteiger charge is 2.40. The van der Waals surface area contributed by atoms with Gasteiger partial charge in [-0.15, -0.1) is 10.2 Å². The first kappa shape index (κ1) is 21.7. The number of piperidine rings is 1. The van der Waals surface area contributed by atoms with Crippen molar-refractivity contribution in [3.63, 3.8) is 0 Å². The topological polar surface area (TPSA) is 86.7 Å². The molecule has 2 saturated heterocycles. The predicted molar refractivity (Wildman–Crippen MR) is 123 cm³/mol. The quantitative estimate of drug-likeness (QED) is 0.694. The number of ether oxygens (including phenoxy) is 1. The van der Waals surface area contributed by atoms with Gasteiger partial charge in [-0.1, -0.05) is 28.1 Å². The molecule has 0 aliphatic carbocycles. The fourth-order valence-corrected chi connectivity index (χ4v) is 4.91. The molecular formula is C22H32BrN5O2. The largest absolute Gasteiger partial charge is 0.388 e. The number of aliphatic hydroxyl groups is 1. The fourth-order valence-electron chi connectivity index (χ4n) is 4.64. The molecule has 0 saturated carbocycles. The molecule has 3 heterocycles. The van der Waals surface area contributed by atoms with Crippen molar-refractivity contribution < 1.29 is 9.84 Å². The number of likely N-dealkylation sites (tertiary alicyclic amines) is 1. The van der Waals surface area contributed by atoms with Crippen LogP contribution in [0.5, 0.6) is 0 Å². The summed E-state index contributed by atoms with van der Waals surface area (Å²) < 4.78 is 7.22. The first-order chi connectivity index (χ1) is 14.3. The number of nitrogens with zero attached hydrogens (tertiary/aromatic N) is 4. The number of benzene rings is 1. The van der Waals surface area contributed by atoms with E-state index < -0.39 is 5.60 Å². The first-order valence-corrected chi connectivity index (χ1v) is 11.6. The third kappa shape index (κ3) is 5.04. The zero-order valence-corrected chi connectivity index (χ0v) is 19.4. The van der Waals surface area contributed by atoms with E-state index in [0.29, 0.717) is 30.9 Å². The maximum atomic E-state index is 10.6. The van der Waals surface area contributed by atoms with Gasteiger partial charge in [-0.3, -0.25) is 4.90 Å². The summed E-state index contributed by atoms with van der Waals surface area (Å²) in [6.07, 6.45) is 3.56. The van der Waals surface area contributed by atoms with E-state index in [2.05, 4.69) is 60.2 Å². The van der Waals surface area contributed by atoms with Crippen molar-refractivity contribution >= 4 is 27.6 Å². The van der Waals surface area contributed by atoms with Crippen LogP contribution in [0.1, 0.15) is 38.7 Å².